The van der Waals surface area contributed by atoms with Crippen LogP contribution in [-0.2, 0) is 0 Å². The molecule has 3 heteroatoms. The van der Waals surface area contributed by atoms with Crippen LogP contribution in [0.4, 0.5) is 5.69 Å². The standard InChI is InChI=1S/C6H5BrIN/c7-5-3-4(8)1-2-6(5)9/h1-3H,9H2. The van der Waals surface area contributed by atoms with Gasteiger partial charge in [0.2, 0.25) is 0 Å². The first-order valence-corrected chi connectivity index (χ1v) is 4.28. The Balaban J connectivity index is 3.17. The SMILES string of the molecule is Nc1ccc(I)cc1Br. The van der Waals surface area contributed by atoms with Crippen molar-refractivity contribution in [3.05, 3.63) is 26.2 Å². The van der Waals surface area contributed by atoms with Crippen LogP contribution in [0, 0.1) is 3.57 Å². The third-order valence-corrected chi connectivity index (χ3v) is 2.32. The average molecular weight is 298 g/mol. The lowest BCUT2D eigenvalue weighted by molar-refractivity contribution is 1.59. The summed E-state index contributed by atoms with van der Waals surface area (Å²) in [5.74, 6) is 0. The summed E-state index contributed by atoms with van der Waals surface area (Å²) < 4.78 is 2.16. The van der Waals surface area contributed by atoms with Gasteiger partial charge in [-0.3, -0.25) is 0 Å². The van der Waals surface area contributed by atoms with E-state index in [0.717, 1.165) is 10.2 Å². The molecule has 0 fully saturated rings. The van der Waals surface area contributed by atoms with Crippen molar-refractivity contribution in [2.75, 3.05) is 5.73 Å². The second kappa shape index (κ2) is 2.88. The van der Waals surface area contributed by atoms with Gasteiger partial charge in [-0.05, 0) is 56.7 Å². The molecule has 0 unspecified atom stereocenters. The molecule has 0 atom stereocenters. The Morgan fingerprint density at radius 3 is 2.56 bits per heavy atom. The number of nitrogens with two attached hydrogens (primary N) is 1. The zero-order chi connectivity index (χ0) is 6.85. The molecule has 0 aliphatic heterocycles. The highest BCUT2D eigenvalue weighted by atomic mass is 127. The quantitative estimate of drug-likeness (QED) is 0.578. The molecular weight excluding hydrogens is 293 g/mol. The normalized spacial score (nSPS) is 9.56. The zero-order valence-corrected chi connectivity index (χ0v) is 8.31. The molecule has 9 heavy (non-hydrogen) atoms. The van der Waals surface area contributed by atoms with Crippen LogP contribution in [0.3, 0.4) is 0 Å². The van der Waals surface area contributed by atoms with Gasteiger partial charge in [0, 0.05) is 13.7 Å². The van der Waals surface area contributed by atoms with Gasteiger partial charge in [0.15, 0.2) is 0 Å². The molecule has 0 saturated heterocycles. The highest BCUT2D eigenvalue weighted by molar-refractivity contribution is 14.1. The van der Waals surface area contributed by atoms with E-state index in [0.29, 0.717) is 0 Å². The predicted octanol–water partition coefficient (Wildman–Crippen LogP) is 2.64. The number of hydrogen-bond acceptors (Lipinski definition) is 1. The molecule has 0 aliphatic rings. The van der Waals surface area contributed by atoms with Crippen molar-refractivity contribution in [2.45, 2.75) is 0 Å². The highest BCUT2D eigenvalue weighted by Crippen LogP contribution is 2.20. The lowest BCUT2D eigenvalue weighted by Gasteiger charge is -1.95. The lowest BCUT2D eigenvalue weighted by Crippen LogP contribution is -1.85. The van der Waals surface area contributed by atoms with Gasteiger partial charge in [-0.2, -0.15) is 0 Å². The second-order valence-electron chi connectivity index (χ2n) is 1.67. The monoisotopic (exact) mass is 297 g/mol. The average Bonchev–Trinajstić information content (AvgIpc) is 1.80. The largest absolute Gasteiger partial charge is 0.398 e. The first-order chi connectivity index (χ1) is 4.20. The molecule has 0 saturated carbocycles. The summed E-state index contributed by atoms with van der Waals surface area (Å²) in [6, 6.07) is 5.84. The van der Waals surface area contributed by atoms with Gasteiger partial charge in [0.05, 0.1) is 0 Å². The molecule has 1 aromatic rings. The molecule has 0 aromatic heterocycles. The fourth-order valence-corrected chi connectivity index (χ4v) is 1.80. The van der Waals surface area contributed by atoms with E-state index < -0.39 is 0 Å². The molecule has 0 aliphatic carbocycles. The van der Waals surface area contributed by atoms with Crippen LogP contribution in [-0.4, -0.2) is 0 Å². The first-order valence-electron chi connectivity index (χ1n) is 2.40. The molecule has 0 spiro atoms. The van der Waals surface area contributed by atoms with Crippen molar-refractivity contribution in [2.24, 2.45) is 0 Å². The number of anilines is 1. The molecule has 0 radical (unpaired) electrons. The van der Waals surface area contributed by atoms with E-state index in [1.165, 1.54) is 3.57 Å². The second-order valence-corrected chi connectivity index (χ2v) is 3.77. The Morgan fingerprint density at radius 1 is 1.44 bits per heavy atom. The van der Waals surface area contributed by atoms with Crippen molar-refractivity contribution in [1.82, 2.24) is 0 Å². The Kier molecular flexibility index (Phi) is 2.35. The highest BCUT2D eigenvalue weighted by Gasteiger charge is 1.92. The van der Waals surface area contributed by atoms with Crippen LogP contribution in [0.2, 0.25) is 0 Å². The summed E-state index contributed by atoms with van der Waals surface area (Å²) >= 11 is 5.55. The number of halogens is 2. The smallest absolute Gasteiger partial charge is 0.0459 e. The van der Waals surface area contributed by atoms with Gasteiger partial charge >= 0.3 is 0 Å². The Hall–Kier alpha value is 0.230. The number of rotatable bonds is 0. The fraction of sp³-hybridized carbons (Fsp3) is 0. The van der Waals surface area contributed by atoms with Gasteiger partial charge in [-0.15, -0.1) is 0 Å². The number of benzene rings is 1. The predicted molar refractivity (Wildman–Crippen MR) is 51.3 cm³/mol. The van der Waals surface area contributed by atoms with Crippen molar-refractivity contribution in [1.29, 1.82) is 0 Å². The van der Waals surface area contributed by atoms with E-state index in [2.05, 4.69) is 38.5 Å². The van der Waals surface area contributed by atoms with Gasteiger partial charge in [-0.25, -0.2) is 0 Å². The molecule has 48 valence electrons. The van der Waals surface area contributed by atoms with E-state index >= 15 is 0 Å². The molecule has 1 rings (SSSR count). The van der Waals surface area contributed by atoms with Crippen LogP contribution in [0.5, 0.6) is 0 Å². The van der Waals surface area contributed by atoms with E-state index in [-0.39, 0.29) is 0 Å². The molecule has 0 bridgehead atoms. The summed E-state index contributed by atoms with van der Waals surface area (Å²) in [6.45, 7) is 0. The summed E-state index contributed by atoms with van der Waals surface area (Å²) in [4.78, 5) is 0. The van der Waals surface area contributed by atoms with Crippen LogP contribution >= 0.6 is 38.5 Å². The van der Waals surface area contributed by atoms with Crippen LogP contribution in [0.25, 0.3) is 0 Å². The number of nitrogen functional groups attached to an aromatic ring is 1. The topological polar surface area (TPSA) is 26.0 Å². The van der Waals surface area contributed by atoms with E-state index in [9.17, 15) is 0 Å². The van der Waals surface area contributed by atoms with E-state index in [4.69, 9.17) is 5.73 Å². The Labute approximate surface area is 75.9 Å². The third-order valence-electron chi connectivity index (χ3n) is 0.962. The maximum Gasteiger partial charge on any atom is 0.0459 e. The molecule has 2 N–H and O–H groups in total. The molecule has 0 amide bonds. The molecule has 0 heterocycles. The van der Waals surface area contributed by atoms with Crippen molar-refractivity contribution in [3.8, 4) is 0 Å². The maximum atomic E-state index is 5.54. The Morgan fingerprint density at radius 2 is 2.11 bits per heavy atom. The van der Waals surface area contributed by atoms with Gasteiger partial charge < -0.3 is 5.73 Å². The first kappa shape index (κ1) is 7.34. The van der Waals surface area contributed by atoms with Crippen molar-refractivity contribution < 1.29 is 0 Å². The third kappa shape index (κ3) is 1.82. The minimum atomic E-state index is 0.787. The zero-order valence-electron chi connectivity index (χ0n) is 4.57. The van der Waals surface area contributed by atoms with Crippen LogP contribution < -0.4 is 5.73 Å². The minimum Gasteiger partial charge on any atom is -0.398 e. The lowest BCUT2D eigenvalue weighted by atomic mass is 10.3. The van der Waals surface area contributed by atoms with Gasteiger partial charge in [0.1, 0.15) is 0 Å². The summed E-state index contributed by atoms with van der Waals surface area (Å²) in [5, 5.41) is 0. The van der Waals surface area contributed by atoms with Crippen LogP contribution in [0.15, 0.2) is 22.7 Å². The molecule has 1 aromatic carbocycles. The van der Waals surface area contributed by atoms with E-state index in [1.807, 2.05) is 18.2 Å². The van der Waals surface area contributed by atoms with E-state index in [1.54, 1.807) is 0 Å². The summed E-state index contributed by atoms with van der Waals surface area (Å²) in [5.41, 5.74) is 6.33. The Bertz CT molecular complexity index is 224. The maximum absolute atomic E-state index is 5.54. The molecular formula is C6H5BrIN. The fourth-order valence-electron chi connectivity index (χ4n) is 0.502. The van der Waals surface area contributed by atoms with Crippen molar-refractivity contribution in [3.63, 3.8) is 0 Å². The van der Waals surface area contributed by atoms with Gasteiger partial charge in [-0.1, -0.05) is 0 Å². The summed E-state index contributed by atoms with van der Waals surface area (Å²) in [6.07, 6.45) is 0. The van der Waals surface area contributed by atoms with Gasteiger partial charge in [0.25, 0.3) is 0 Å². The minimum absolute atomic E-state index is 0.787. The number of hydrogen-bond donors (Lipinski definition) is 1. The summed E-state index contributed by atoms with van der Waals surface area (Å²) in [7, 11) is 0. The molecule has 1 nitrogen and oxygen atoms in total. The van der Waals surface area contributed by atoms with Crippen molar-refractivity contribution >= 4 is 44.2 Å². The van der Waals surface area contributed by atoms with Crippen LogP contribution in [0.1, 0.15) is 0 Å².